The molecule has 0 spiro atoms. The summed E-state index contributed by atoms with van der Waals surface area (Å²) in [5.41, 5.74) is 0.759. The van der Waals surface area contributed by atoms with Gasteiger partial charge in [0.25, 0.3) is 0 Å². The molecule has 0 bridgehead atoms. The molecule has 76 valence electrons. The summed E-state index contributed by atoms with van der Waals surface area (Å²) in [6.07, 6.45) is 3.78. The Kier molecular flexibility index (Phi) is 5.16. The first-order valence-electron chi connectivity index (χ1n) is 4.14. The van der Waals surface area contributed by atoms with Crippen molar-refractivity contribution in [2.45, 2.75) is 0 Å². The Morgan fingerprint density at radius 1 is 1.14 bits per heavy atom. The Hall–Kier alpha value is -0.370. The topological polar surface area (TPSA) is 12.0 Å². The molecule has 0 atom stereocenters. The summed E-state index contributed by atoms with van der Waals surface area (Å²) < 4.78 is 0. The largest absolute Gasteiger partial charge is 0.379 e. The van der Waals surface area contributed by atoms with Crippen LogP contribution >= 0.6 is 34.8 Å². The SMILES string of the molecule is ClC/C=C/CNc1c(Cl)cccc1Cl. The molecule has 0 heterocycles. The van der Waals surface area contributed by atoms with Crippen LogP contribution in [0.4, 0.5) is 5.69 Å². The highest BCUT2D eigenvalue weighted by atomic mass is 35.5. The lowest BCUT2D eigenvalue weighted by Crippen LogP contribution is -1.99. The molecule has 0 radical (unpaired) electrons. The number of alkyl halides is 1. The minimum atomic E-state index is 0.512. The van der Waals surface area contributed by atoms with E-state index >= 15 is 0 Å². The van der Waals surface area contributed by atoms with Crippen LogP contribution in [-0.2, 0) is 0 Å². The number of nitrogens with one attached hydrogen (secondary N) is 1. The van der Waals surface area contributed by atoms with E-state index in [9.17, 15) is 0 Å². The Morgan fingerprint density at radius 2 is 1.79 bits per heavy atom. The Bertz CT molecular complexity index is 303. The molecule has 1 aromatic rings. The van der Waals surface area contributed by atoms with Gasteiger partial charge in [0.2, 0.25) is 0 Å². The second-order valence-corrected chi connectivity index (χ2v) is 3.73. The zero-order valence-corrected chi connectivity index (χ0v) is 9.70. The van der Waals surface area contributed by atoms with Crippen LogP contribution in [0.1, 0.15) is 0 Å². The molecule has 0 unspecified atom stereocenters. The summed E-state index contributed by atoms with van der Waals surface area (Å²) in [5.74, 6) is 0.512. The summed E-state index contributed by atoms with van der Waals surface area (Å²) in [5, 5.41) is 4.35. The molecule has 0 aliphatic heterocycles. The molecule has 0 aliphatic rings. The number of para-hydroxylation sites is 1. The summed E-state index contributed by atoms with van der Waals surface area (Å²) in [7, 11) is 0. The molecule has 0 aliphatic carbocycles. The number of hydrogen-bond acceptors (Lipinski definition) is 1. The molecule has 1 rings (SSSR count). The second-order valence-electron chi connectivity index (χ2n) is 2.60. The van der Waals surface area contributed by atoms with Gasteiger partial charge in [0.15, 0.2) is 0 Å². The van der Waals surface area contributed by atoms with E-state index in [1.54, 1.807) is 12.1 Å². The maximum Gasteiger partial charge on any atom is 0.0721 e. The van der Waals surface area contributed by atoms with Gasteiger partial charge in [-0.3, -0.25) is 0 Å². The Balaban J connectivity index is 2.62. The summed E-state index contributed by atoms with van der Waals surface area (Å²) >= 11 is 17.4. The van der Waals surface area contributed by atoms with Crippen molar-refractivity contribution in [2.24, 2.45) is 0 Å². The fraction of sp³-hybridized carbons (Fsp3) is 0.200. The van der Waals surface area contributed by atoms with Gasteiger partial charge >= 0.3 is 0 Å². The smallest absolute Gasteiger partial charge is 0.0721 e. The van der Waals surface area contributed by atoms with Crippen LogP contribution in [0.2, 0.25) is 10.0 Å². The first kappa shape index (κ1) is 11.7. The van der Waals surface area contributed by atoms with Crippen LogP contribution in [0.5, 0.6) is 0 Å². The summed E-state index contributed by atoms with van der Waals surface area (Å²) in [6, 6.07) is 5.40. The Morgan fingerprint density at radius 3 is 2.36 bits per heavy atom. The number of benzene rings is 1. The zero-order chi connectivity index (χ0) is 10.4. The van der Waals surface area contributed by atoms with Gasteiger partial charge in [0.05, 0.1) is 15.7 Å². The van der Waals surface area contributed by atoms with Crippen LogP contribution in [0, 0.1) is 0 Å². The van der Waals surface area contributed by atoms with Crippen LogP contribution in [0.3, 0.4) is 0 Å². The quantitative estimate of drug-likeness (QED) is 0.624. The number of hydrogen-bond donors (Lipinski definition) is 1. The normalized spacial score (nSPS) is 10.8. The highest BCUT2D eigenvalue weighted by Crippen LogP contribution is 2.29. The van der Waals surface area contributed by atoms with Gasteiger partial charge in [-0.05, 0) is 12.1 Å². The van der Waals surface area contributed by atoms with Crippen LogP contribution in [0.25, 0.3) is 0 Å². The van der Waals surface area contributed by atoms with E-state index in [4.69, 9.17) is 34.8 Å². The van der Waals surface area contributed by atoms with Gasteiger partial charge < -0.3 is 5.32 Å². The molecular formula is C10H10Cl3N. The number of allylic oxidation sites excluding steroid dienone is 1. The predicted molar refractivity (Wildman–Crippen MR) is 64.8 cm³/mol. The van der Waals surface area contributed by atoms with Gasteiger partial charge in [-0.15, -0.1) is 11.6 Å². The standard InChI is InChI=1S/C10H10Cl3N/c11-6-1-2-7-14-10-8(12)4-3-5-9(10)13/h1-5,14H,6-7H2/b2-1+. The fourth-order valence-corrected chi connectivity index (χ4v) is 1.63. The average Bonchev–Trinajstić information content (AvgIpc) is 2.16. The number of anilines is 1. The van der Waals surface area contributed by atoms with Crippen LogP contribution in [-0.4, -0.2) is 12.4 Å². The van der Waals surface area contributed by atoms with Crippen molar-refractivity contribution >= 4 is 40.5 Å². The molecule has 4 heteroatoms. The molecule has 0 aromatic heterocycles. The highest BCUT2D eigenvalue weighted by Gasteiger charge is 2.02. The van der Waals surface area contributed by atoms with E-state index in [2.05, 4.69) is 5.32 Å². The predicted octanol–water partition coefficient (Wildman–Crippen LogP) is 4.20. The van der Waals surface area contributed by atoms with Crippen molar-refractivity contribution in [2.75, 3.05) is 17.7 Å². The van der Waals surface area contributed by atoms with Crippen molar-refractivity contribution in [1.82, 2.24) is 0 Å². The van der Waals surface area contributed by atoms with E-state index < -0.39 is 0 Å². The number of rotatable bonds is 4. The maximum atomic E-state index is 5.95. The monoisotopic (exact) mass is 249 g/mol. The summed E-state index contributed by atoms with van der Waals surface area (Å²) in [6.45, 7) is 0.663. The van der Waals surface area contributed by atoms with E-state index in [1.807, 2.05) is 18.2 Å². The third kappa shape index (κ3) is 3.41. The van der Waals surface area contributed by atoms with Crippen LogP contribution < -0.4 is 5.32 Å². The van der Waals surface area contributed by atoms with Gasteiger partial charge in [0, 0.05) is 12.4 Å². The fourth-order valence-electron chi connectivity index (χ4n) is 0.974. The van der Waals surface area contributed by atoms with Crippen molar-refractivity contribution < 1.29 is 0 Å². The molecule has 0 amide bonds. The van der Waals surface area contributed by atoms with E-state index in [-0.39, 0.29) is 0 Å². The molecule has 0 saturated carbocycles. The van der Waals surface area contributed by atoms with Gasteiger partial charge in [0.1, 0.15) is 0 Å². The van der Waals surface area contributed by atoms with Crippen molar-refractivity contribution in [3.05, 3.63) is 40.4 Å². The summed E-state index contributed by atoms with van der Waals surface area (Å²) in [4.78, 5) is 0. The minimum absolute atomic E-state index is 0.512. The molecule has 1 nitrogen and oxygen atoms in total. The van der Waals surface area contributed by atoms with E-state index in [0.717, 1.165) is 5.69 Å². The second kappa shape index (κ2) is 6.18. The van der Waals surface area contributed by atoms with E-state index in [1.165, 1.54) is 0 Å². The Labute approximate surface area is 98.7 Å². The van der Waals surface area contributed by atoms with Gasteiger partial charge in [-0.1, -0.05) is 41.4 Å². The minimum Gasteiger partial charge on any atom is -0.379 e. The average molecular weight is 251 g/mol. The molecule has 14 heavy (non-hydrogen) atoms. The zero-order valence-electron chi connectivity index (χ0n) is 7.43. The third-order valence-corrected chi connectivity index (χ3v) is 2.42. The van der Waals surface area contributed by atoms with E-state index in [0.29, 0.717) is 22.5 Å². The highest BCUT2D eigenvalue weighted by molar-refractivity contribution is 6.39. The first-order chi connectivity index (χ1) is 6.75. The maximum absolute atomic E-state index is 5.95. The first-order valence-corrected chi connectivity index (χ1v) is 5.43. The molecule has 1 aromatic carbocycles. The van der Waals surface area contributed by atoms with Crippen LogP contribution in [0.15, 0.2) is 30.4 Å². The lowest BCUT2D eigenvalue weighted by Gasteiger charge is -2.07. The van der Waals surface area contributed by atoms with Crippen molar-refractivity contribution in [1.29, 1.82) is 0 Å². The third-order valence-electron chi connectivity index (χ3n) is 1.62. The molecule has 0 fully saturated rings. The number of halogens is 3. The van der Waals surface area contributed by atoms with Gasteiger partial charge in [-0.25, -0.2) is 0 Å². The molecule has 0 saturated heterocycles. The molecular weight excluding hydrogens is 240 g/mol. The lowest BCUT2D eigenvalue weighted by molar-refractivity contribution is 1.33. The van der Waals surface area contributed by atoms with Gasteiger partial charge in [-0.2, -0.15) is 0 Å². The molecule has 1 N–H and O–H groups in total. The van der Waals surface area contributed by atoms with Crippen molar-refractivity contribution in [3.8, 4) is 0 Å². The van der Waals surface area contributed by atoms with Crippen molar-refractivity contribution in [3.63, 3.8) is 0 Å². The lowest BCUT2D eigenvalue weighted by atomic mass is 10.3.